The molecule has 0 radical (unpaired) electrons. The van der Waals surface area contributed by atoms with E-state index in [2.05, 4.69) is 10.4 Å². The van der Waals surface area contributed by atoms with Gasteiger partial charge < -0.3 is 23.8 Å². The number of allylic oxidation sites excluding steroid dienone is 1. The number of nitrogens with zero attached hydrogens (tertiary/aromatic N) is 1. The number of para-hydroxylation sites is 1. The number of nitrogens with one attached hydrogen (secondary N) is 2. The van der Waals surface area contributed by atoms with Crippen LogP contribution in [-0.4, -0.2) is 61.8 Å². The number of urea groups is 1. The normalized spacial score (nSPS) is 21.1. The fourth-order valence-corrected chi connectivity index (χ4v) is 4.24. The van der Waals surface area contributed by atoms with Gasteiger partial charge in [-0.05, 0) is 38.5 Å². The highest BCUT2D eigenvalue weighted by Gasteiger charge is 2.38. The molecule has 1 aromatic rings. The van der Waals surface area contributed by atoms with Crippen LogP contribution >= 0.6 is 8.53 Å². The quantitative estimate of drug-likeness (QED) is 0.203. The second-order valence-electron chi connectivity index (χ2n) is 7.63. The highest BCUT2D eigenvalue weighted by atomic mass is 31.2. The van der Waals surface area contributed by atoms with Gasteiger partial charge in [-0.25, -0.2) is 9.88 Å². The SMILES string of the molecule is CNC(=O)N(/C=C\C=O)C1OC(COP(NCC(=O)OC(C)C)Oc2ccccc2)CC1C. The van der Waals surface area contributed by atoms with Crippen molar-refractivity contribution in [2.24, 2.45) is 5.92 Å². The van der Waals surface area contributed by atoms with Gasteiger partial charge in [0, 0.05) is 19.2 Å². The predicted octanol–water partition coefficient (Wildman–Crippen LogP) is 2.96. The second kappa shape index (κ2) is 13.9. The first kappa shape index (κ1) is 26.7. The summed E-state index contributed by atoms with van der Waals surface area (Å²) in [5, 5.41) is 5.51. The monoisotopic (exact) mass is 481 g/mol. The Morgan fingerprint density at radius 2 is 2.03 bits per heavy atom. The molecule has 0 spiro atoms. The first-order chi connectivity index (χ1) is 15.8. The first-order valence-corrected chi connectivity index (χ1v) is 11.9. The number of hydrogen-bond donors (Lipinski definition) is 2. The molecule has 4 unspecified atom stereocenters. The Kier molecular flexibility index (Phi) is 11.3. The minimum absolute atomic E-state index is 0.00227. The largest absolute Gasteiger partial charge is 0.462 e. The smallest absolute Gasteiger partial charge is 0.323 e. The summed E-state index contributed by atoms with van der Waals surface area (Å²) in [6.07, 6.45) is 2.78. The van der Waals surface area contributed by atoms with Gasteiger partial charge in [-0.15, -0.1) is 0 Å². The van der Waals surface area contributed by atoms with E-state index in [1.807, 2.05) is 25.1 Å². The zero-order chi connectivity index (χ0) is 24.2. The van der Waals surface area contributed by atoms with Crippen LogP contribution in [0.3, 0.4) is 0 Å². The van der Waals surface area contributed by atoms with E-state index >= 15 is 0 Å². The van der Waals surface area contributed by atoms with Crippen molar-refractivity contribution in [2.45, 2.75) is 45.6 Å². The Labute approximate surface area is 195 Å². The molecular formula is C22H32N3O7P. The molecule has 2 amide bonds. The van der Waals surface area contributed by atoms with Gasteiger partial charge in [-0.1, -0.05) is 25.1 Å². The molecule has 1 heterocycles. The van der Waals surface area contributed by atoms with E-state index < -0.39 is 20.7 Å². The van der Waals surface area contributed by atoms with Gasteiger partial charge in [-0.2, -0.15) is 0 Å². The molecule has 1 aliphatic heterocycles. The van der Waals surface area contributed by atoms with Crippen LogP contribution in [0.4, 0.5) is 4.79 Å². The van der Waals surface area contributed by atoms with Crippen LogP contribution in [0, 0.1) is 5.92 Å². The van der Waals surface area contributed by atoms with Gasteiger partial charge in [0.25, 0.3) is 0 Å². The van der Waals surface area contributed by atoms with Crippen molar-refractivity contribution >= 4 is 26.8 Å². The molecule has 10 nitrogen and oxygen atoms in total. The fraction of sp³-hybridized carbons (Fsp3) is 0.500. The van der Waals surface area contributed by atoms with Crippen LogP contribution in [0.1, 0.15) is 27.2 Å². The highest BCUT2D eigenvalue weighted by Crippen LogP contribution is 2.37. The number of esters is 1. The van der Waals surface area contributed by atoms with Gasteiger partial charge in [-0.3, -0.25) is 14.5 Å². The third-order valence-corrected chi connectivity index (χ3v) is 5.71. The van der Waals surface area contributed by atoms with E-state index in [1.54, 1.807) is 26.0 Å². The van der Waals surface area contributed by atoms with Crippen molar-refractivity contribution in [3.63, 3.8) is 0 Å². The lowest BCUT2D eigenvalue weighted by atomic mass is 10.1. The maximum Gasteiger partial charge on any atom is 0.323 e. The lowest BCUT2D eigenvalue weighted by molar-refractivity contribution is -0.145. The van der Waals surface area contributed by atoms with E-state index in [1.165, 1.54) is 24.2 Å². The van der Waals surface area contributed by atoms with Gasteiger partial charge >= 0.3 is 20.5 Å². The summed E-state index contributed by atoms with van der Waals surface area (Å²) < 4.78 is 23.0. The predicted molar refractivity (Wildman–Crippen MR) is 123 cm³/mol. The van der Waals surface area contributed by atoms with Crippen LogP contribution in [-0.2, 0) is 23.6 Å². The number of carbonyl (C=O) groups is 3. The topological polar surface area (TPSA) is 115 Å². The molecule has 0 bridgehead atoms. The Balaban J connectivity index is 1.98. The maximum atomic E-state index is 12.2. The molecule has 4 atom stereocenters. The summed E-state index contributed by atoms with van der Waals surface area (Å²) in [5.41, 5.74) is 0. The number of amides is 2. The Bertz CT molecular complexity index is 793. The Morgan fingerprint density at radius 3 is 2.67 bits per heavy atom. The van der Waals surface area contributed by atoms with Crippen LogP contribution < -0.4 is 14.9 Å². The molecule has 0 saturated carbocycles. The van der Waals surface area contributed by atoms with E-state index in [0.717, 1.165) is 0 Å². The molecule has 1 saturated heterocycles. The minimum Gasteiger partial charge on any atom is -0.462 e. The molecule has 1 aliphatic rings. The standard InChI is InChI=1S/C22H32N3O7P/c1-16(2)30-20(27)14-24-33(32-18-9-6-5-7-10-18)29-15-19-13-17(3)21(31-19)25(11-8-12-26)22(28)23-4/h5-12,16-17,19,21,24H,13-15H2,1-4H3,(H,23,28)/b11-8-. The Morgan fingerprint density at radius 1 is 1.30 bits per heavy atom. The highest BCUT2D eigenvalue weighted by molar-refractivity contribution is 7.45. The molecule has 0 aromatic heterocycles. The number of rotatable bonds is 12. The van der Waals surface area contributed by atoms with Crippen LogP contribution in [0.5, 0.6) is 5.75 Å². The van der Waals surface area contributed by atoms with Crippen molar-refractivity contribution in [3.8, 4) is 5.75 Å². The molecule has 1 fully saturated rings. The molecule has 1 aromatic carbocycles. The van der Waals surface area contributed by atoms with E-state index in [0.29, 0.717) is 18.5 Å². The molecule has 0 aliphatic carbocycles. The number of aldehydes is 1. The summed E-state index contributed by atoms with van der Waals surface area (Å²) in [6.45, 7) is 5.63. The average molecular weight is 481 g/mol. The Hall–Kier alpha value is -2.52. The molecular weight excluding hydrogens is 449 g/mol. The fourth-order valence-electron chi connectivity index (χ4n) is 3.16. The van der Waals surface area contributed by atoms with Crippen LogP contribution in [0.2, 0.25) is 0 Å². The zero-order valence-electron chi connectivity index (χ0n) is 19.3. The van der Waals surface area contributed by atoms with Gasteiger partial charge in [0.1, 0.15) is 24.8 Å². The summed E-state index contributed by atoms with van der Waals surface area (Å²) in [5.74, 6) is 0.186. The van der Waals surface area contributed by atoms with Crippen molar-refractivity contribution in [2.75, 3.05) is 20.2 Å². The number of benzene rings is 1. The van der Waals surface area contributed by atoms with Crippen molar-refractivity contribution in [3.05, 3.63) is 42.6 Å². The van der Waals surface area contributed by atoms with Crippen molar-refractivity contribution in [1.82, 2.24) is 15.3 Å². The minimum atomic E-state index is -1.66. The van der Waals surface area contributed by atoms with Crippen LogP contribution in [0.25, 0.3) is 0 Å². The molecule has 2 N–H and O–H groups in total. The van der Waals surface area contributed by atoms with Crippen molar-refractivity contribution in [1.29, 1.82) is 0 Å². The van der Waals surface area contributed by atoms with Gasteiger partial charge in [0.15, 0.2) is 0 Å². The molecule has 11 heteroatoms. The zero-order valence-corrected chi connectivity index (χ0v) is 20.2. The number of ether oxygens (including phenoxy) is 2. The maximum absolute atomic E-state index is 12.2. The van der Waals surface area contributed by atoms with Crippen molar-refractivity contribution < 1.29 is 32.9 Å². The van der Waals surface area contributed by atoms with Crippen LogP contribution in [0.15, 0.2) is 42.6 Å². The lowest BCUT2D eigenvalue weighted by Gasteiger charge is -2.27. The lowest BCUT2D eigenvalue weighted by Crippen LogP contribution is -2.44. The first-order valence-electron chi connectivity index (χ1n) is 10.7. The summed E-state index contributed by atoms with van der Waals surface area (Å²) in [4.78, 5) is 36.2. The summed E-state index contributed by atoms with van der Waals surface area (Å²) >= 11 is 0. The van der Waals surface area contributed by atoms with E-state index in [4.69, 9.17) is 18.5 Å². The molecule has 2 rings (SSSR count). The van der Waals surface area contributed by atoms with Gasteiger partial charge in [0.2, 0.25) is 0 Å². The third-order valence-electron chi connectivity index (χ3n) is 4.53. The summed E-state index contributed by atoms with van der Waals surface area (Å²) in [6, 6.07) is 8.74. The molecule has 33 heavy (non-hydrogen) atoms. The second-order valence-corrected chi connectivity index (χ2v) is 8.90. The van der Waals surface area contributed by atoms with E-state index in [9.17, 15) is 14.4 Å². The number of hydrogen-bond acceptors (Lipinski definition) is 8. The third kappa shape index (κ3) is 9.09. The number of carbonyl (C=O) groups excluding carboxylic acids is 3. The summed E-state index contributed by atoms with van der Waals surface area (Å²) in [7, 11) is -0.155. The van der Waals surface area contributed by atoms with E-state index in [-0.39, 0.29) is 37.3 Å². The molecule has 182 valence electrons. The van der Waals surface area contributed by atoms with Gasteiger partial charge in [0.05, 0.1) is 18.8 Å². The average Bonchev–Trinajstić information content (AvgIpc) is 3.16.